The van der Waals surface area contributed by atoms with Crippen LogP contribution in [0.4, 0.5) is 15.8 Å². The predicted molar refractivity (Wildman–Crippen MR) is 113 cm³/mol. The average Bonchev–Trinajstić information content (AvgIpc) is 3.09. The number of nitrogens with one attached hydrogen (secondary N) is 2. The first-order chi connectivity index (χ1) is 14.4. The van der Waals surface area contributed by atoms with E-state index in [9.17, 15) is 14.3 Å². The van der Waals surface area contributed by atoms with Crippen molar-refractivity contribution in [2.45, 2.75) is 13.3 Å². The third-order valence-corrected chi connectivity index (χ3v) is 5.15. The van der Waals surface area contributed by atoms with E-state index in [1.807, 2.05) is 0 Å². The van der Waals surface area contributed by atoms with Gasteiger partial charge in [0.15, 0.2) is 0 Å². The molecule has 1 aliphatic heterocycles. The number of halogens is 2. The molecule has 0 saturated carbocycles. The molecule has 1 heterocycles. The van der Waals surface area contributed by atoms with Gasteiger partial charge in [0.05, 0.1) is 29.1 Å². The quantitative estimate of drug-likeness (QED) is 0.507. The van der Waals surface area contributed by atoms with Gasteiger partial charge in [-0.15, -0.1) is 0 Å². The van der Waals surface area contributed by atoms with Gasteiger partial charge in [0.1, 0.15) is 17.3 Å². The van der Waals surface area contributed by atoms with Gasteiger partial charge in [0, 0.05) is 17.2 Å². The van der Waals surface area contributed by atoms with E-state index < -0.39 is 18.1 Å². The fourth-order valence-corrected chi connectivity index (χ4v) is 3.54. The minimum atomic E-state index is -1.02. The number of rotatable bonds is 5. The van der Waals surface area contributed by atoms with Crippen LogP contribution in [-0.4, -0.2) is 24.5 Å². The number of benzene rings is 3. The van der Waals surface area contributed by atoms with Gasteiger partial charge in [-0.2, -0.15) is 0 Å². The summed E-state index contributed by atoms with van der Waals surface area (Å²) in [4.78, 5) is 11.3. The summed E-state index contributed by atoms with van der Waals surface area (Å²) in [6.45, 7) is 1.72. The van der Waals surface area contributed by atoms with Crippen LogP contribution in [-0.2, 0) is 0 Å². The maximum Gasteiger partial charge on any atom is 0.336 e. The van der Waals surface area contributed by atoms with Crippen molar-refractivity contribution in [2.24, 2.45) is 0 Å². The molecule has 1 unspecified atom stereocenters. The molecule has 6 nitrogen and oxygen atoms in total. The largest absolute Gasteiger partial charge is 0.497 e. The Balaban J connectivity index is 1.58. The first kappa shape index (κ1) is 19.8. The van der Waals surface area contributed by atoms with Gasteiger partial charge in [-0.05, 0) is 48.9 Å². The van der Waals surface area contributed by atoms with Crippen LogP contribution in [0, 0.1) is 12.7 Å². The number of fused-ring (bicyclic) bond motifs is 1. The Kier molecular flexibility index (Phi) is 5.13. The van der Waals surface area contributed by atoms with Crippen molar-refractivity contribution in [1.29, 1.82) is 0 Å². The van der Waals surface area contributed by atoms with Gasteiger partial charge in [-0.25, -0.2) is 9.18 Å². The molecule has 0 aliphatic carbocycles. The molecular formula is C22H18ClFN2O4. The average molecular weight is 429 g/mol. The maximum atomic E-state index is 14.5. The van der Waals surface area contributed by atoms with Crippen LogP contribution >= 0.6 is 11.6 Å². The lowest BCUT2D eigenvalue weighted by Crippen LogP contribution is -2.29. The third-order valence-electron chi connectivity index (χ3n) is 4.84. The molecule has 1 atom stereocenters. The van der Waals surface area contributed by atoms with E-state index >= 15 is 0 Å². The SMILES string of the molecule is COc1ccc(-c2cc3c(cc2Cl)NC(Oc2ccc(C)c(C(=O)O)c2)N3)c(F)c1. The van der Waals surface area contributed by atoms with Crippen molar-refractivity contribution in [3.63, 3.8) is 0 Å². The lowest BCUT2D eigenvalue weighted by atomic mass is 10.0. The van der Waals surface area contributed by atoms with E-state index in [2.05, 4.69) is 10.6 Å². The van der Waals surface area contributed by atoms with Crippen LogP contribution in [0.1, 0.15) is 15.9 Å². The fraction of sp³-hybridized carbons (Fsp3) is 0.136. The number of hydrogen-bond acceptors (Lipinski definition) is 5. The van der Waals surface area contributed by atoms with Crippen molar-refractivity contribution in [1.82, 2.24) is 0 Å². The predicted octanol–water partition coefficient (Wildman–Crippen LogP) is 5.36. The number of ether oxygens (including phenoxy) is 2. The standard InChI is InChI=1S/C22H18ClFN2O4/c1-11-3-4-13(7-15(11)21(27)28)30-22-25-19-9-16(17(23)10-20(19)26-22)14-6-5-12(29-2)8-18(14)24/h3-10,22,25-26H,1-2H3,(H,27,28). The van der Waals surface area contributed by atoms with Gasteiger partial charge >= 0.3 is 5.97 Å². The Morgan fingerprint density at radius 2 is 1.73 bits per heavy atom. The number of carboxylic acid groups (broad SMARTS) is 1. The van der Waals surface area contributed by atoms with Gasteiger partial charge in [0.2, 0.25) is 6.35 Å². The summed E-state index contributed by atoms with van der Waals surface area (Å²) in [5.41, 5.74) is 3.05. The van der Waals surface area contributed by atoms with E-state index in [4.69, 9.17) is 21.1 Å². The highest BCUT2D eigenvalue weighted by atomic mass is 35.5. The Morgan fingerprint density at radius 1 is 1.03 bits per heavy atom. The smallest absolute Gasteiger partial charge is 0.336 e. The summed E-state index contributed by atoms with van der Waals surface area (Å²) in [6, 6.07) is 12.8. The van der Waals surface area contributed by atoms with Crippen LogP contribution in [0.25, 0.3) is 11.1 Å². The number of aryl methyl sites for hydroxylation is 1. The molecule has 0 radical (unpaired) electrons. The molecule has 0 fully saturated rings. The minimum Gasteiger partial charge on any atom is -0.497 e. The Bertz CT molecular complexity index is 1150. The van der Waals surface area contributed by atoms with Gasteiger partial charge < -0.3 is 25.2 Å². The van der Waals surface area contributed by atoms with Crippen molar-refractivity contribution in [3.8, 4) is 22.6 Å². The van der Waals surface area contributed by atoms with Crippen molar-refractivity contribution in [2.75, 3.05) is 17.7 Å². The van der Waals surface area contributed by atoms with Crippen molar-refractivity contribution < 1.29 is 23.8 Å². The molecule has 0 aromatic heterocycles. The Morgan fingerprint density at radius 3 is 2.40 bits per heavy atom. The molecule has 4 rings (SSSR count). The second-order valence-electron chi connectivity index (χ2n) is 6.79. The first-order valence-corrected chi connectivity index (χ1v) is 9.44. The highest BCUT2D eigenvalue weighted by molar-refractivity contribution is 6.34. The first-order valence-electron chi connectivity index (χ1n) is 9.07. The molecule has 3 aromatic carbocycles. The van der Waals surface area contributed by atoms with Crippen LogP contribution in [0.2, 0.25) is 5.02 Å². The normalized spacial score (nSPS) is 14.5. The summed E-state index contributed by atoms with van der Waals surface area (Å²) in [7, 11) is 1.47. The molecule has 3 N–H and O–H groups in total. The highest BCUT2D eigenvalue weighted by Gasteiger charge is 2.24. The summed E-state index contributed by atoms with van der Waals surface area (Å²) in [5.74, 6) is -0.661. The summed E-state index contributed by atoms with van der Waals surface area (Å²) in [6.07, 6.45) is -0.642. The van der Waals surface area contributed by atoms with E-state index in [-0.39, 0.29) is 5.56 Å². The second kappa shape index (κ2) is 7.76. The topological polar surface area (TPSA) is 79.8 Å². The molecule has 0 amide bonds. The zero-order chi connectivity index (χ0) is 21.4. The van der Waals surface area contributed by atoms with Gasteiger partial charge in [0.25, 0.3) is 0 Å². The molecule has 1 aliphatic rings. The van der Waals surface area contributed by atoms with Crippen LogP contribution in [0.15, 0.2) is 48.5 Å². The number of carboxylic acids is 1. The molecule has 0 saturated heterocycles. The molecular weight excluding hydrogens is 411 g/mol. The van der Waals surface area contributed by atoms with E-state index in [1.54, 1.807) is 43.3 Å². The number of hydrogen-bond donors (Lipinski definition) is 3. The number of aromatic carboxylic acids is 1. The summed E-state index contributed by atoms with van der Waals surface area (Å²) >= 11 is 6.40. The number of carbonyl (C=O) groups is 1. The van der Waals surface area contributed by atoms with Gasteiger partial charge in [-0.3, -0.25) is 0 Å². The number of anilines is 2. The molecule has 3 aromatic rings. The Hall–Kier alpha value is -3.45. The molecule has 30 heavy (non-hydrogen) atoms. The summed E-state index contributed by atoms with van der Waals surface area (Å²) in [5, 5.41) is 15.9. The zero-order valence-electron chi connectivity index (χ0n) is 16.1. The van der Waals surface area contributed by atoms with E-state index in [1.165, 1.54) is 19.2 Å². The monoisotopic (exact) mass is 428 g/mol. The Labute approximate surface area is 177 Å². The van der Waals surface area contributed by atoms with E-state index in [0.29, 0.717) is 44.6 Å². The zero-order valence-corrected chi connectivity index (χ0v) is 16.9. The molecule has 0 spiro atoms. The molecule has 0 bridgehead atoms. The maximum absolute atomic E-state index is 14.5. The minimum absolute atomic E-state index is 0.170. The lowest BCUT2D eigenvalue weighted by Gasteiger charge is -2.15. The van der Waals surface area contributed by atoms with E-state index in [0.717, 1.165) is 0 Å². The fourth-order valence-electron chi connectivity index (χ4n) is 3.28. The van der Waals surface area contributed by atoms with Crippen LogP contribution in [0.3, 0.4) is 0 Å². The third kappa shape index (κ3) is 3.71. The van der Waals surface area contributed by atoms with Crippen molar-refractivity contribution in [3.05, 3.63) is 70.5 Å². The van der Waals surface area contributed by atoms with Gasteiger partial charge in [-0.1, -0.05) is 17.7 Å². The number of methoxy groups -OCH3 is 1. The summed E-state index contributed by atoms with van der Waals surface area (Å²) < 4.78 is 25.4. The van der Waals surface area contributed by atoms with Crippen molar-refractivity contribution >= 4 is 28.9 Å². The highest BCUT2D eigenvalue weighted by Crippen LogP contribution is 2.40. The van der Waals surface area contributed by atoms with Crippen LogP contribution < -0.4 is 20.1 Å². The van der Waals surface area contributed by atoms with Crippen LogP contribution in [0.5, 0.6) is 11.5 Å². The lowest BCUT2D eigenvalue weighted by molar-refractivity contribution is 0.0695. The second-order valence-corrected chi connectivity index (χ2v) is 7.20. The molecule has 8 heteroatoms. The molecule has 154 valence electrons.